The second kappa shape index (κ2) is 9.15. The van der Waals surface area contributed by atoms with Gasteiger partial charge in [-0.25, -0.2) is 0 Å². The third-order valence-electron chi connectivity index (χ3n) is 9.55. The second-order valence-electron chi connectivity index (χ2n) is 11.6. The average molecular weight is 543 g/mol. The first-order valence-electron chi connectivity index (χ1n) is 13.9. The minimum Gasteiger partial charge on any atom is -0.477 e. The molecule has 6 nitrogen and oxygen atoms in total. The van der Waals surface area contributed by atoms with Gasteiger partial charge in [-0.05, 0) is 80.0 Å². The molecule has 5 aliphatic rings. The zero-order chi connectivity index (χ0) is 26.8. The Kier molecular flexibility index (Phi) is 5.80. The summed E-state index contributed by atoms with van der Waals surface area (Å²) in [6.45, 7) is 2.03. The van der Waals surface area contributed by atoms with Gasteiger partial charge in [0, 0.05) is 35.7 Å². The van der Waals surface area contributed by atoms with E-state index >= 15 is 0 Å². The molecule has 1 saturated heterocycles. The maximum Gasteiger partial charge on any atom is 0.244 e. The van der Waals surface area contributed by atoms with E-state index in [0.29, 0.717) is 35.3 Å². The molecule has 2 saturated carbocycles. The minimum atomic E-state index is -0.651. The van der Waals surface area contributed by atoms with Crippen molar-refractivity contribution in [2.45, 2.75) is 61.6 Å². The summed E-state index contributed by atoms with van der Waals surface area (Å²) < 4.78 is 12.4. The van der Waals surface area contributed by atoms with E-state index in [1.54, 1.807) is 6.08 Å². The van der Waals surface area contributed by atoms with Gasteiger partial charge < -0.3 is 14.8 Å². The number of Topliss-reactive ketones (excluding diaryl/α,β-unsaturated/α-hetero) is 1. The highest BCUT2D eigenvalue weighted by Crippen LogP contribution is 2.65. The summed E-state index contributed by atoms with van der Waals surface area (Å²) >= 11 is 6.03. The number of ketones is 1. The van der Waals surface area contributed by atoms with Crippen LogP contribution in [0.3, 0.4) is 0 Å². The third-order valence-corrected chi connectivity index (χ3v) is 9.80. The lowest BCUT2D eigenvalue weighted by Crippen LogP contribution is -2.81. The number of halogens is 1. The first-order chi connectivity index (χ1) is 18.9. The Morgan fingerprint density at radius 3 is 2.82 bits per heavy atom. The van der Waals surface area contributed by atoms with E-state index in [9.17, 15) is 9.59 Å². The average Bonchev–Trinajstić information content (AvgIpc) is 3.68. The van der Waals surface area contributed by atoms with Crippen molar-refractivity contribution in [3.63, 3.8) is 0 Å². The lowest BCUT2D eigenvalue weighted by Gasteiger charge is -2.65. The van der Waals surface area contributed by atoms with Crippen LogP contribution in [0.15, 0.2) is 42.5 Å². The van der Waals surface area contributed by atoms with Crippen LogP contribution in [0.4, 0.5) is 0 Å². The number of piperidine rings is 1. The van der Waals surface area contributed by atoms with Crippen molar-refractivity contribution in [2.75, 3.05) is 19.7 Å². The Balaban J connectivity index is 1.33. The number of likely N-dealkylation sites (tertiary alicyclic amines) is 1. The minimum absolute atomic E-state index is 0.0786. The Labute approximate surface area is 233 Å². The third kappa shape index (κ3) is 3.74. The molecule has 1 amide bonds. The number of ether oxygens (including phenoxy) is 2. The predicted molar refractivity (Wildman–Crippen MR) is 149 cm³/mol. The van der Waals surface area contributed by atoms with Gasteiger partial charge in [-0.3, -0.25) is 14.5 Å². The number of terminal acetylenes is 1. The van der Waals surface area contributed by atoms with Gasteiger partial charge in [-0.2, -0.15) is 0 Å². The number of hydrogen-bond donors (Lipinski definition) is 1. The standard InChI is InChI=1S/C32H31ClN2O4/c1-2-17-38-25-11-8-22-18-26-32(34-27(37)12-7-20-5-9-23(33)10-6-20)14-13-24(36)30-31(32,28(22)29(25)39-30)15-16-35(26)19-21-3-4-21/h1,5-12,21,26,30H,3-4,13-19H2,(H,34,37)/b12-7+/t26-,30+,31+,32-/m1/s1. The number of carbonyl (C=O) groups is 2. The van der Waals surface area contributed by atoms with Crippen LogP contribution in [0.5, 0.6) is 11.5 Å². The van der Waals surface area contributed by atoms with Crippen LogP contribution in [-0.2, 0) is 21.4 Å². The summed E-state index contributed by atoms with van der Waals surface area (Å²) in [4.78, 5) is 29.8. The lowest BCUT2D eigenvalue weighted by atomic mass is 9.47. The number of amides is 1. The normalized spacial score (nSPS) is 30.4. The van der Waals surface area contributed by atoms with E-state index in [4.69, 9.17) is 27.5 Å². The molecule has 200 valence electrons. The highest BCUT2D eigenvalue weighted by Gasteiger charge is 2.74. The maximum absolute atomic E-state index is 13.7. The molecular weight excluding hydrogens is 512 g/mol. The molecule has 2 heterocycles. The first kappa shape index (κ1) is 24.7. The van der Waals surface area contributed by atoms with Crippen LogP contribution in [0.25, 0.3) is 6.08 Å². The molecule has 7 heteroatoms. The zero-order valence-electron chi connectivity index (χ0n) is 21.8. The van der Waals surface area contributed by atoms with Gasteiger partial charge in [0.1, 0.15) is 6.61 Å². The van der Waals surface area contributed by atoms with Crippen LogP contribution in [0, 0.1) is 18.3 Å². The highest BCUT2D eigenvalue weighted by atomic mass is 35.5. The Hall–Kier alpha value is -3.27. The van der Waals surface area contributed by atoms with Crippen molar-refractivity contribution >= 4 is 29.4 Å². The fourth-order valence-corrected chi connectivity index (χ4v) is 7.92. The van der Waals surface area contributed by atoms with E-state index in [0.717, 1.165) is 37.1 Å². The molecule has 3 fully saturated rings. The highest BCUT2D eigenvalue weighted by molar-refractivity contribution is 6.30. The molecule has 1 spiro atoms. The Morgan fingerprint density at radius 2 is 2.05 bits per heavy atom. The molecule has 0 radical (unpaired) electrons. The monoisotopic (exact) mass is 542 g/mol. The van der Waals surface area contributed by atoms with E-state index < -0.39 is 17.1 Å². The van der Waals surface area contributed by atoms with Crippen LogP contribution in [0.2, 0.25) is 5.02 Å². The van der Waals surface area contributed by atoms with Gasteiger partial charge in [0.15, 0.2) is 23.4 Å². The van der Waals surface area contributed by atoms with Gasteiger partial charge >= 0.3 is 0 Å². The quantitative estimate of drug-likeness (QED) is 0.417. The van der Waals surface area contributed by atoms with Crippen molar-refractivity contribution in [1.82, 2.24) is 10.2 Å². The summed E-state index contributed by atoms with van der Waals surface area (Å²) in [6, 6.07) is 11.5. The van der Waals surface area contributed by atoms with Crippen molar-refractivity contribution < 1.29 is 19.1 Å². The number of hydrogen-bond acceptors (Lipinski definition) is 5. The SMILES string of the molecule is C#CCOc1ccc2c3c1O[C@H]1C(=O)CC[C@@]4(NC(=O)/C=C/c5ccc(Cl)cc5)[C@@H](C2)N(CC2CC2)CC[C@]314. The van der Waals surface area contributed by atoms with Crippen molar-refractivity contribution in [3.8, 4) is 23.8 Å². The fraction of sp³-hybridized carbons (Fsp3) is 0.438. The van der Waals surface area contributed by atoms with E-state index in [2.05, 4.69) is 22.2 Å². The molecule has 39 heavy (non-hydrogen) atoms. The molecule has 2 aliphatic heterocycles. The summed E-state index contributed by atoms with van der Waals surface area (Å²) in [5.41, 5.74) is 1.84. The summed E-state index contributed by atoms with van der Waals surface area (Å²) in [5, 5.41) is 4.17. The van der Waals surface area contributed by atoms with Gasteiger partial charge in [0.25, 0.3) is 0 Å². The molecule has 0 unspecified atom stereocenters. The summed E-state index contributed by atoms with van der Waals surface area (Å²) in [6.07, 6.45) is 13.2. The molecule has 2 aromatic rings. The van der Waals surface area contributed by atoms with Gasteiger partial charge in [-0.15, -0.1) is 6.42 Å². The van der Waals surface area contributed by atoms with Gasteiger partial charge in [-0.1, -0.05) is 35.7 Å². The molecule has 0 aromatic heterocycles. The molecule has 2 aromatic carbocycles. The van der Waals surface area contributed by atoms with E-state index in [1.165, 1.54) is 18.4 Å². The van der Waals surface area contributed by atoms with Crippen molar-refractivity contribution in [1.29, 1.82) is 0 Å². The summed E-state index contributed by atoms with van der Waals surface area (Å²) in [7, 11) is 0. The molecule has 4 atom stereocenters. The largest absolute Gasteiger partial charge is 0.477 e. The molecule has 2 bridgehead atoms. The van der Waals surface area contributed by atoms with Gasteiger partial charge in [0.2, 0.25) is 5.91 Å². The smallest absolute Gasteiger partial charge is 0.244 e. The number of rotatable bonds is 7. The molecule has 3 aliphatic carbocycles. The molecular formula is C32H31ClN2O4. The second-order valence-corrected chi connectivity index (χ2v) is 12.0. The predicted octanol–water partition coefficient (Wildman–Crippen LogP) is 4.32. The topological polar surface area (TPSA) is 67.9 Å². The first-order valence-corrected chi connectivity index (χ1v) is 14.2. The van der Waals surface area contributed by atoms with Crippen LogP contribution >= 0.6 is 11.6 Å². The zero-order valence-corrected chi connectivity index (χ0v) is 22.5. The molecule has 7 rings (SSSR count). The van der Waals surface area contributed by atoms with Crippen LogP contribution < -0.4 is 14.8 Å². The van der Waals surface area contributed by atoms with Crippen molar-refractivity contribution in [3.05, 3.63) is 64.2 Å². The van der Waals surface area contributed by atoms with Gasteiger partial charge in [0.05, 0.1) is 11.0 Å². The number of nitrogens with zero attached hydrogens (tertiary/aromatic N) is 1. The lowest BCUT2D eigenvalue weighted by molar-refractivity contribution is -0.148. The Bertz CT molecular complexity index is 1420. The fourth-order valence-electron chi connectivity index (χ4n) is 7.79. The van der Waals surface area contributed by atoms with E-state index in [-0.39, 0.29) is 24.3 Å². The van der Waals surface area contributed by atoms with Crippen LogP contribution in [0.1, 0.15) is 48.8 Å². The number of benzene rings is 2. The number of nitrogens with one attached hydrogen (secondary N) is 1. The maximum atomic E-state index is 13.7. The Morgan fingerprint density at radius 1 is 1.23 bits per heavy atom. The van der Waals surface area contributed by atoms with Crippen molar-refractivity contribution in [2.24, 2.45) is 5.92 Å². The van der Waals surface area contributed by atoms with Crippen LogP contribution in [-0.4, -0.2) is 54.0 Å². The number of carbonyl (C=O) groups excluding carboxylic acids is 2. The molecule has 1 N–H and O–H groups in total. The summed E-state index contributed by atoms with van der Waals surface area (Å²) in [5.74, 6) is 4.39. The van der Waals surface area contributed by atoms with E-state index in [1.807, 2.05) is 36.4 Å².